The van der Waals surface area contributed by atoms with Crippen molar-refractivity contribution in [3.05, 3.63) is 0 Å². The molecule has 0 radical (unpaired) electrons. The van der Waals surface area contributed by atoms with E-state index in [2.05, 4.69) is 11.8 Å². The smallest absolute Gasteiger partial charge is 0.0466 e. The van der Waals surface area contributed by atoms with E-state index in [0.717, 1.165) is 38.4 Å². The molecule has 0 atom stereocenters. The molecule has 3 heteroatoms. The molecular formula is C17H35NO2. The second kappa shape index (κ2) is 12.6. The van der Waals surface area contributed by atoms with Crippen LogP contribution in [-0.4, -0.2) is 49.5 Å². The number of aliphatic hydroxyl groups excluding tert-OH is 1. The number of nitrogens with zero attached hydrogens (tertiary/aromatic N) is 1. The van der Waals surface area contributed by atoms with Crippen LogP contribution in [0.25, 0.3) is 0 Å². The third-order valence-electron chi connectivity index (χ3n) is 4.50. The van der Waals surface area contributed by atoms with E-state index in [4.69, 9.17) is 9.84 Å². The first-order valence-corrected chi connectivity index (χ1v) is 8.77. The second-order valence-corrected chi connectivity index (χ2v) is 6.12. The van der Waals surface area contributed by atoms with Gasteiger partial charge in [-0.3, -0.25) is 0 Å². The Bertz CT molecular complexity index is 203. The van der Waals surface area contributed by atoms with Crippen LogP contribution in [0.5, 0.6) is 0 Å². The first kappa shape index (κ1) is 17.9. The highest BCUT2D eigenvalue weighted by Crippen LogP contribution is 2.22. The van der Waals surface area contributed by atoms with Gasteiger partial charge in [-0.15, -0.1) is 0 Å². The summed E-state index contributed by atoms with van der Waals surface area (Å²) in [6, 6.07) is 0. The summed E-state index contributed by atoms with van der Waals surface area (Å²) < 4.78 is 5.61. The maximum absolute atomic E-state index is 8.66. The highest BCUT2D eigenvalue weighted by atomic mass is 16.5. The quantitative estimate of drug-likeness (QED) is 0.557. The molecule has 0 aromatic rings. The van der Waals surface area contributed by atoms with Gasteiger partial charge in [0.2, 0.25) is 0 Å². The van der Waals surface area contributed by atoms with Crippen molar-refractivity contribution < 1.29 is 9.84 Å². The minimum Gasteiger partial charge on any atom is -0.396 e. The molecule has 0 spiro atoms. The second-order valence-electron chi connectivity index (χ2n) is 6.12. The maximum atomic E-state index is 8.66. The Morgan fingerprint density at radius 3 is 2.20 bits per heavy atom. The van der Waals surface area contributed by atoms with E-state index >= 15 is 0 Å². The van der Waals surface area contributed by atoms with Gasteiger partial charge in [0.25, 0.3) is 0 Å². The highest BCUT2D eigenvalue weighted by Gasteiger charge is 2.17. The van der Waals surface area contributed by atoms with Crippen LogP contribution >= 0.6 is 0 Å². The molecule has 1 rings (SSSR count). The molecule has 0 aromatic carbocycles. The Balaban J connectivity index is 1.79. The van der Waals surface area contributed by atoms with Crippen molar-refractivity contribution in [2.24, 2.45) is 5.92 Å². The van der Waals surface area contributed by atoms with E-state index in [9.17, 15) is 0 Å². The van der Waals surface area contributed by atoms with Crippen molar-refractivity contribution in [3.8, 4) is 0 Å². The average Bonchev–Trinajstić information content (AvgIpc) is 2.50. The maximum Gasteiger partial charge on any atom is 0.0466 e. The van der Waals surface area contributed by atoms with E-state index in [1.54, 1.807) is 0 Å². The lowest BCUT2D eigenvalue weighted by Crippen LogP contribution is -2.33. The Morgan fingerprint density at radius 2 is 1.60 bits per heavy atom. The molecule has 20 heavy (non-hydrogen) atoms. The lowest BCUT2D eigenvalue weighted by Gasteiger charge is -2.31. The molecule has 0 aromatic heterocycles. The first-order valence-electron chi connectivity index (χ1n) is 8.77. The van der Waals surface area contributed by atoms with Crippen LogP contribution in [0.3, 0.4) is 0 Å². The van der Waals surface area contributed by atoms with Gasteiger partial charge >= 0.3 is 0 Å². The molecule has 120 valence electrons. The number of likely N-dealkylation sites (tertiary alicyclic amines) is 1. The number of aliphatic hydroxyl groups is 1. The third-order valence-corrected chi connectivity index (χ3v) is 4.50. The van der Waals surface area contributed by atoms with Crippen molar-refractivity contribution in [1.82, 2.24) is 4.90 Å². The van der Waals surface area contributed by atoms with Gasteiger partial charge in [-0.25, -0.2) is 0 Å². The molecule has 0 aliphatic carbocycles. The molecule has 1 aliphatic rings. The fraction of sp³-hybridized carbons (Fsp3) is 1.00. The van der Waals surface area contributed by atoms with Crippen LogP contribution in [-0.2, 0) is 4.74 Å². The van der Waals surface area contributed by atoms with Crippen molar-refractivity contribution in [3.63, 3.8) is 0 Å². The summed E-state index contributed by atoms with van der Waals surface area (Å²) in [5.74, 6) is 0.984. The summed E-state index contributed by atoms with van der Waals surface area (Å²) in [4.78, 5) is 2.57. The number of rotatable bonds is 12. The Hall–Kier alpha value is -0.120. The summed E-state index contributed by atoms with van der Waals surface area (Å²) in [7, 11) is 0. The van der Waals surface area contributed by atoms with Gasteiger partial charge < -0.3 is 14.7 Å². The standard InChI is InChI=1S/C17H35NO2/c1-2-18-12-10-17(11-13-18)9-5-3-7-15-20-16-8-4-6-14-19/h17,19H,2-16H2,1H3. The van der Waals surface area contributed by atoms with Gasteiger partial charge in [-0.2, -0.15) is 0 Å². The molecule has 1 saturated heterocycles. The number of ether oxygens (including phenoxy) is 1. The zero-order valence-corrected chi connectivity index (χ0v) is 13.5. The Labute approximate surface area is 125 Å². The molecule has 3 nitrogen and oxygen atoms in total. The highest BCUT2D eigenvalue weighted by molar-refractivity contribution is 4.71. The van der Waals surface area contributed by atoms with Crippen molar-refractivity contribution in [1.29, 1.82) is 0 Å². The van der Waals surface area contributed by atoms with Crippen LogP contribution in [0.1, 0.15) is 64.7 Å². The predicted molar refractivity (Wildman–Crippen MR) is 85.1 cm³/mol. The number of hydrogen-bond donors (Lipinski definition) is 1. The van der Waals surface area contributed by atoms with Gasteiger partial charge in [0.1, 0.15) is 0 Å². The number of unbranched alkanes of at least 4 members (excludes halogenated alkanes) is 4. The summed E-state index contributed by atoms with van der Waals surface area (Å²) in [5, 5.41) is 8.66. The minimum atomic E-state index is 0.317. The minimum absolute atomic E-state index is 0.317. The van der Waals surface area contributed by atoms with E-state index in [0.29, 0.717) is 6.61 Å². The van der Waals surface area contributed by atoms with Crippen LogP contribution < -0.4 is 0 Å². The van der Waals surface area contributed by atoms with Gasteiger partial charge in [-0.1, -0.05) is 26.2 Å². The number of hydrogen-bond acceptors (Lipinski definition) is 3. The van der Waals surface area contributed by atoms with Crippen molar-refractivity contribution in [2.45, 2.75) is 64.7 Å². The van der Waals surface area contributed by atoms with Crippen LogP contribution in [0, 0.1) is 5.92 Å². The summed E-state index contributed by atoms with van der Waals surface area (Å²) >= 11 is 0. The summed E-state index contributed by atoms with van der Waals surface area (Å²) in [5.41, 5.74) is 0. The van der Waals surface area contributed by atoms with Crippen LogP contribution in [0.15, 0.2) is 0 Å². The lowest BCUT2D eigenvalue weighted by molar-refractivity contribution is 0.123. The lowest BCUT2D eigenvalue weighted by atomic mass is 9.91. The van der Waals surface area contributed by atoms with E-state index in [1.165, 1.54) is 58.2 Å². The zero-order valence-electron chi connectivity index (χ0n) is 13.5. The Kier molecular flexibility index (Phi) is 11.3. The predicted octanol–water partition coefficient (Wildman–Crippen LogP) is 3.46. The monoisotopic (exact) mass is 285 g/mol. The molecule has 1 heterocycles. The molecule has 0 amide bonds. The molecule has 1 N–H and O–H groups in total. The van der Waals surface area contributed by atoms with Crippen LogP contribution in [0.2, 0.25) is 0 Å². The molecule has 0 bridgehead atoms. The van der Waals surface area contributed by atoms with E-state index < -0.39 is 0 Å². The number of piperidine rings is 1. The van der Waals surface area contributed by atoms with E-state index in [1.807, 2.05) is 0 Å². The zero-order chi connectivity index (χ0) is 14.5. The van der Waals surface area contributed by atoms with Crippen molar-refractivity contribution in [2.75, 3.05) is 39.5 Å². The molecule has 1 fully saturated rings. The van der Waals surface area contributed by atoms with Gasteiger partial charge in [-0.05, 0) is 64.1 Å². The normalized spacial score (nSPS) is 17.7. The Morgan fingerprint density at radius 1 is 0.950 bits per heavy atom. The average molecular weight is 285 g/mol. The fourth-order valence-electron chi connectivity index (χ4n) is 3.00. The van der Waals surface area contributed by atoms with Crippen molar-refractivity contribution >= 4 is 0 Å². The van der Waals surface area contributed by atoms with Crippen LogP contribution in [0.4, 0.5) is 0 Å². The van der Waals surface area contributed by atoms with Gasteiger partial charge in [0, 0.05) is 19.8 Å². The molecule has 0 unspecified atom stereocenters. The van der Waals surface area contributed by atoms with E-state index in [-0.39, 0.29) is 0 Å². The summed E-state index contributed by atoms with van der Waals surface area (Å²) in [6.07, 6.45) is 11.3. The first-order chi connectivity index (χ1) is 9.86. The molecular weight excluding hydrogens is 250 g/mol. The summed E-state index contributed by atoms with van der Waals surface area (Å²) in [6.45, 7) is 8.24. The topological polar surface area (TPSA) is 32.7 Å². The fourth-order valence-corrected chi connectivity index (χ4v) is 3.00. The SMILES string of the molecule is CCN1CCC(CCCCCOCCCCCO)CC1. The van der Waals surface area contributed by atoms with Gasteiger partial charge in [0.05, 0.1) is 0 Å². The molecule has 1 aliphatic heterocycles. The largest absolute Gasteiger partial charge is 0.396 e. The third kappa shape index (κ3) is 8.93. The molecule has 0 saturated carbocycles. The van der Waals surface area contributed by atoms with Gasteiger partial charge in [0.15, 0.2) is 0 Å².